The SMILES string of the molecule is CCOC(=O)C(NCc1cccs1)C1CC(C)=CC(C)C1. The molecule has 1 N–H and O–H groups in total. The molecule has 4 heteroatoms. The first kappa shape index (κ1) is 16.2. The molecule has 3 atom stereocenters. The van der Waals surface area contributed by atoms with E-state index in [1.54, 1.807) is 11.3 Å². The third-order valence-electron chi connectivity index (χ3n) is 3.92. The van der Waals surface area contributed by atoms with Crippen LogP contribution in [0, 0.1) is 11.8 Å². The topological polar surface area (TPSA) is 38.3 Å². The lowest BCUT2D eigenvalue weighted by atomic mass is 9.79. The number of hydrogen-bond donors (Lipinski definition) is 1. The lowest BCUT2D eigenvalue weighted by Crippen LogP contribution is -2.44. The van der Waals surface area contributed by atoms with Crippen molar-refractivity contribution >= 4 is 17.3 Å². The Balaban J connectivity index is 2.04. The minimum atomic E-state index is -0.210. The summed E-state index contributed by atoms with van der Waals surface area (Å²) in [5, 5.41) is 5.49. The molecule has 1 aromatic rings. The van der Waals surface area contributed by atoms with Crippen molar-refractivity contribution in [2.75, 3.05) is 6.61 Å². The highest BCUT2D eigenvalue weighted by Crippen LogP contribution is 2.31. The van der Waals surface area contributed by atoms with Crippen LogP contribution < -0.4 is 5.32 Å². The monoisotopic (exact) mass is 307 g/mol. The van der Waals surface area contributed by atoms with Gasteiger partial charge in [0.1, 0.15) is 6.04 Å². The maximum Gasteiger partial charge on any atom is 0.323 e. The van der Waals surface area contributed by atoms with Crippen LogP contribution in [0.3, 0.4) is 0 Å². The number of nitrogens with one attached hydrogen (secondary N) is 1. The lowest BCUT2D eigenvalue weighted by molar-refractivity contribution is -0.147. The number of allylic oxidation sites excluding steroid dienone is 2. The highest BCUT2D eigenvalue weighted by Gasteiger charge is 2.32. The summed E-state index contributed by atoms with van der Waals surface area (Å²) in [4.78, 5) is 13.6. The van der Waals surface area contributed by atoms with E-state index in [0.29, 0.717) is 18.4 Å². The molecule has 0 saturated heterocycles. The minimum absolute atomic E-state index is 0.110. The van der Waals surface area contributed by atoms with E-state index in [-0.39, 0.29) is 12.0 Å². The summed E-state index contributed by atoms with van der Waals surface area (Å²) in [5.74, 6) is 0.745. The van der Waals surface area contributed by atoms with Crippen LogP contribution in [0.1, 0.15) is 38.5 Å². The zero-order valence-electron chi connectivity index (χ0n) is 13.1. The Kier molecular flexibility index (Phi) is 6.00. The van der Waals surface area contributed by atoms with E-state index in [0.717, 1.165) is 19.4 Å². The standard InChI is InChI=1S/C17H25NO2S/c1-4-20-17(19)16(18-11-15-6-5-7-21-15)14-9-12(2)8-13(3)10-14/h5-8,12,14,16,18H,4,9-11H2,1-3H3. The predicted molar refractivity (Wildman–Crippen MR) is 87.2 cm³/mol. The molecule has 1 aromatic heterocycles. The molecule has 1 aliphatic rings. The van der Waals surface area contributed by atoms with Crippen molar-refractivity contribution in [1.29, 1.82) is 0 Å². The van der Waals surface area contributed by atoms with Gasteiger partial charge in [0.2, 0.25) is 0 Å². The van der Waals surface area contributed by atoms with Crippen LogP contribution in [0.2, 0.25) is 0 Å². The van der Waals surface area contributed by atoms with E-state index in [2.05, 4.69) is 36.7 Å². The predicted octanol–water partition coefficient (Wildman–Crippen LogP) is 3.76. The number of carbonyl (C=O) groups excluding carboxylic acids is 1. The van der Waals surface area contributed by atoms with Gasteiger partial charge in [0.15, 0.2) is 0 Å². The van der Waals surface area contributed by atoms with Crippen LogP contribution in [-0.2, 0) is 16.1 Å². The van der Waals surface area contributed by atoms with Gasteiger partial charge in [-0.1, -0.05) is 24.6 Å². The molecular formula is C17H25NO2S. The maximum absolute atomic E-state index is 12.3. The van der Waals surface area contributed by atoms with Crippen molar-refractivity contribution in [3.63, 3.8) is 0 Å². The van der Waals surface area contributed by atoms with E-state index in [4.69, 9.17) is 4.74 Å². The Bertz CT molecular complexity index is 481. The molecule has 0 spiro atoms. The average Bonchev–Trinajstić information content (AvgIpc) is 2.91. The zero-order chi connectivity index (χ0) is 15.2. The smallest absolute Gasteiger partial charge is 0.323 e. The summed E-state index contributed by atoms with van der Waals surface area (Å²) in [6, 6.07) is 3.92. The van der Waals surface area contributed by atoms with Crippen LogP contribution in [0.4, 0.5) is 0 Å². The zero-order valence-corrected chi connectivity index (χ0v) is 13.9. The summed E-state index contributed by atoms with van der Waals surface area (Å²) in [6.45, 7) is 7.41. The highest BCUT2D eigenvalue weighted by molar-refractivity contribution is 7.09. The number of carbonyl (C=O) groups is 1. The van der Waals surface area contributed by atoms with Gasteiger partial charge in [-0.05, 0) is 50.0 Å². The highest BCUT2D eigenvalue weighted by atomic mass is 32.1. The Morgan fingerprint density at radius 3 is 3.00 bits per heavy atom. The number of esters is 1. The molecule has 0 bridgehead atoms. The Morgan fingerprint density at radius 2 is 2.38 bits per heavy atom. The molecule has 0 amide bonds. The Morgan fingerprint density at radius 1 is 1.57 bits per heavy atom. The lowest BCUT2D eigenvalue weighted by Gasteiger charge is -2.31. The van der Waals surface area contributed by atoms with E-state index < -0.39 is 0 Å². The first-order valence-electron chi connectivity index (χ1n) is 7.69. The number of rotatable bonds is 6. The van der Waals surface area contributed by atoms with Gasteiger partial charge >= 0.3 is 5.97 Å². The van der Waals surface area contributed by atoms with Crippen LogP contribution >= 0.6 is 11.3 Å². The fourth-order valence-electron chi connectivity index (χ4n) is 3.15. The van der Waals surface area contributed by atoms with Crippen molar-refractivity contribution < 1.29 is 9.53 Å². The third-order valence-corrected chi connectivity index (χ3v) is 4.79. The van der Waals surface area contributed by atoms with Crippen LogP contribution in [0.25, 0.3) is 0 Å². The number of ether oxygens (including phenoxy) is 1. The van der Waals surface area contributed by atoms with Gasteiger partial charge in [0.05, 0.1) is 6.61 Å². The Labute approximate surface area is 131 Å². The summed E-state index contributed by atoms with van der Waals surface area (Å²) in [7, 11) is 0. The molecule has 1 heterocycles. The Hall–Kier alpha value is -1.13. The molecular weight excluding hydrogens is 282 g/mol. The number of thiophene rings is 1. The van der Waals surface area contributed by atoms with Crippen molar-refractivity contribution in [2.45, 2.75) is 46.2 Å². The number of hydrogen-bond acceptors (Lipinski definition) is 4. The van der Waals surface area contributed by atoms with Gasteiger partial charge < -0.3 is 4.74 Å². The molecule has 3 nitrogen and oxygen atoms in total. The first-order valence-corrected chi connectivity index (χ1v) is 8.57. The molecule has 116 valence electrons. The van der Waals surface area contributed by atoms with E-state index >= 15 is 0 Å². The second-order valence-electron chi connectivity index (χ2n) is 5.88. The van der Waals surface area contributed by atoms with Gasteiger partial charge in [-0.3, -0.25) is 10.1 Å². The van der Waals surface area contributed by atoms with Crippen molar-refractivity contribution in [3.05, 3.63) is 34.0 Å². The molecule has 0 aromatic carbocycles. The van der Waals surface area contributed by atoms with Crippen LogP contribution in [-0.4, -0.2) is 18.6 Å². The van der Waals surface area contributed by atoms with Crippen LogP contribution in [0.15, 0.2) is 29.2 Å². The second-order valence-corrected chi connectivity index (χ2v) is 6.91. The fraction of sp³-hybridized carbons (Fsp3) is 0.588. The molecule has 0 aliphatic heterocycles. The maximum atomic E-state index is 12.3. The second kappa shape index (κ2) is 7.76. The molecule has 21 heavy (non-hydrogen) atoms. The molecule has 0 fully saturated rings. The summed E-state index contributed by atoms with van der Waals surface area (Å²) >= 11 is 1.71. The van der Waals surface area contributed by atoms with Crippen LogP contribution in [0.5, 0.6) is 0 Å². The van der Waals surface area contributed by atoms with Crippen molar-refractivity contribution in [1.82, 2.24) is 5.32 Å². The quantitative estimate of drug-likeness (QED) is 0.642. The summed E-state index contributed by atoms with van der Waals surface area (Å²) in [6.07, 6.45) is 4.33. The summed E-state index contributed by atoms with van der Waals surface area (Å²) in [5.41, 5.74) is 1.38. The van der Waals surface area contributed by atoms with Gasteiger partial charge in [-0.25, -0.2) is 0 Å². The van der Waals surface area contributed by atoms with E-state index in [1.807, 2.05) is 13.0 Å². The molecule has 2 rings (SSSR count). The molecule has 0 radical (unpaired) electrons. The van der Waals surface area contributed by atoms with Gasteiger partial charge in [-0.15, -0.1) is 11.3 Å². The van der Waals surface area contributed by atoms with Gasteiger partial charge in [0.25, 0.3) is 0 Å². The molecule has 0 saturated carbocycles. The normalized spacial score (nSPS) is 23.5. The van der Waals surface area contributed by atoms with Gasteiger partial charge in [-0.2, -0.15) is 0 Å². The third kappa shape index (κ3) is 4.68. The largest absolute Gasteiger partial charge is 0.465 e. The first-order chi connectivity index (χ1) is 10.1. The van der Waals surface area contributed by atoms with E-state index in [1.165, 1.54) is 10.5 Å². The van der Waals surface area contributed by atoms with E-state index in [9.17, 15) is 4.79 Å². The fourth-order valence-corrected chi connectivity index (χ4v) is 3.80. The average molecular weight is 307 g/mol. The molecule has 3 unspecified atom stereocenters. The van der Waals surface area contributed by atoms with Gasteiger partial charge in [0, 0.05) is 11.4 Å². The molecule has 1 aliphatic carbocycles. The summed E-state index contributed by atoms with van der Waals surface area (Å²) < 4.78 is 5.28. The minimum Gasteiger partial charge on any atom is -0.465 e. The van der Waals surface area contributed by atoms with Crippen molar-refractivity contribution in [3.8, 4) is 0 Å². The van der Waals surface area contributed by atoms with Crippen molar-refractivity contribution in [2.24, 2.45) is 11.8 Å².